The van der Waals surface area contributed by atoms with Gasteiger partial charge in [0.05, 0.1) is 17.7 Å². The van der Waals surface area contributed by atoms with Crippen molar-refractivity contribution in [1.82, 2.24) is 20.6 Å². The number of para-hydroxylation sites is 2. The highest BCUT2D eigenvalue weighted by Crippen LogP contribution is 2.40. The van der Waals surface area contributed by atoms with Crippen LogP contribution in [0.25, 0.3) is 0 Å². The lowest BCUT2D eigenvalue weighted by Gasteiger charge is -2.33. The molecule has 0 bridgehead atoms. The molecule has 9 nitrogen and oxygen atoms in total. The molecular formula is C21H23N5O4. The van der Waals surface area contributed by atoms with Gasteiger partial charge in [0.15, 0.2) is 11.5 Å². The lowest BCUT2D eigenvalue weighted by molar-refractivity contribution is -0.0154. The topological polar surface area (TPSA) is 125 Å². The molecule has 1 atom stereocenters. The molecule has 1 aromatic heterocycles. The Morgan fingerprint density at radius 2 is 2.03 bits per heavy atom. The zero-order valence-corrected chi connectivity index (χ0v) is 16.6. The number of rotatable bonds is 8. The molecule has 0 fully saturated rings. The van der Waals surface area contributed by atoms with Crippen molar-refractivity contribution in [3.63, 3.8) is 0 Å². The lowest BCUT2D eigenvalue weighted by Crippen LogP contribution is -2.51. The Labute approximate surface area is 173 Å². The maximum absolute atomic E-state index is 13.4. The minimum absolute atomic E-state index is 0.0195. The lowest BCUT2D eigenvalue weighted by atomic mass is 10.00. The molecule has 1 unspecified atom stereocenters. The average molecular weight is 409 g/mol. The van der Waals surface area contributed by atoms with Crippen molar-refractivity contribution in [3.05, 3.63) is 59.4 Å². The number of aromatic nitrogens is 4. The van der Waals surface area contributed by atoms with E-state index in [1.165, 1.54) is 0 Å². The van der Waals surface area contributed by atoms with Gasteiger partial charge >= 0.3 is 0 Å². The maximum Gasteiger partial charge on any atom is 0.257 e. The molecule has 4 rings (SSSR count). The number of hydrogen-bond acceptors (Lipinski definition) is 8. The molecular weight excluding hydrogens is 386 g/mol. The molecule has 156 valence electrons. The third-order valence-corrected chi connectivity index (χ3v) is 4.81. The summed E-state index contributed by atoms with van der Waals surface area (Å²) in [6, 6.07) is 12.3. The Kier molecular flexibility index (Phi) is 5.62. The van der Waals surface area contributed by atoms with Gasteiger partial charge in [-0.1, -0.05) is 38.0 Å². The molecule has 0 radical (unpaired) electrons. The van der Waals surface area contributed by atoms with E-state index in [0.717, 1.165) is 19.3 Å². The van der Waals surface area contributed by atoms with Gasteiger partial charge in [0.25, 0.3) is 5.72 Å². The first kappa shape index (κ1) is 19.8. The number of carbonyl (C=O) groups is 1. The van der Waals surface area contributed by atoms with E-state index in [4.69, 9.17) is 19.9 Å². The SMILES string of the molecule is CCCCCOc1ccccc1C(=O)c1cccc2c1OC(N)(c1nn[nH]n1)CO2. The van der Waals surface area contributed by atoms with Crippen molar-refractivity contribution in [2.24, 2.45) is 5.73 Å². The standard InChI is InChI=1S/C21H23N5O4/c1-2-3-6-12-28-16-10-5-4-8-14(16)18(27)15-9-7-11-17-19(15)30-21(22,13-29-17)20-23-25-26-24-20/h4-5,7-11H,2-3,6,12-13,22H2,1H3,(H,23,24,25,26). The number of nitrogens with zero attached hydrogens (tertiary/aromatic N) is 3. The van der Waals surface area contributed by atoms with Crippen LogP contribution in [0.1, 0.15) is 47.9 Å². The number of unbranched alkanes of at least 4 members (excludes halogenated alkanes) is 2. The van der Waals surface area contributed by atoms with Crippen molar-refractivity contribution in [1.29, 1.82) is 0 Å². The second kappa shape index (κ2) is 8.50. The smallest absolute Gasteiger partial charge is 0.257 e. The summed E-state index contributed by atoms with van der Waals surface area (Å²) in [6.45, 7) is 2.66. The van der Waals surface area contributed by atoms with Crippen LogP contribution in [-0.4, -0.2) is 39.6 Å². The van der Waals surface area contributed by atoms with Crippen molar-refractivity contribution >= 4 is 5.78 Å². The van der Waals surface area contributed by atoms with E-state index in [9.17, 15) is 4.79 Å². The third-order valence-electron chi connectivity index (χ3n) is 4.81. The molecule has 3 N–H and O–H groups in total. The van der Waals surface area contributed by atoms with Crippen LogP contribution in [0, 0.1) is 0 Å². The molecule has 2 heterocycles. The molecule has 0 saturated heterocycles. The Hall–Kier alpha value is -3.46. The summed E-state index contributed by atoms with van der Waals surface area (Å²) in [6.07, 6.45) is 3.10. The second-order valence-electron chi connectivity index (χ2n) is 7.03. The number of tetrazole rings is 1. The van der Waals surface area contributed by atoms with Gasteiger partial charge in [0.2, 0.25) is 11.6 Å². The van der Waals surface area contributed by atoms with Crippen LogP contribution in [0.3, 0.4) is 0 Å². The molecule has 0 amide bonds. The molecule has 1 aliphatic heterocycles. The highest BCUT2D eigenvalue weighted by Gasteiger charge is 2.41. The first-order valence-electron chi connectivity index (χ1n) is 9.86. The molecule has 3 aromatic rings. The highest BCUT2D eigenvalue weighted by atomic mass is 16.6. The Bertz CT molecular complexity index is 1020. The van der Waals surface area contributed by atoms with Crippen LogP contribution in [0.15, 0.2) is 42.5 Å². The normalized spacial score (nSPS) is 17.5. The van der Waals surface area contributed by atoms with E-state index in [-0.39, 0.29) is 24.0 Å². The van der Waals surface area contributed by atoms with Gasteiger partial charge in [-0.05, 0) is 35.9 Å². The van der Waals surface area contributed by atoms with E-state index in [1.807, 2.05) is 6.07 Å². The molecule has 2 aromatic carbocycles. The summed E-state index contributed by atoms with van der Waals surface area (Å²) >= 11 is 0. The predicted octanol–water partition coefficient (Wildman–Crippen LogP) is 2.58. The molecule has 1 aliphatic rings. The van der Waals surface area contributed by atoms with Crippen LogP contribution in [0.4, 0.5) is 0 Å². The number of ketones is 1. The fourth-order valence-electron chi connectivity index (χ4n) is 3.22. The van der Waals surface area contributed by atoms with Gasteiger partial charge in [-0.3, -0.25) is 10.5 Å². The van der Waals surface area contributed by atoms with Crippen LogP contribution < -0.4 is 19.9 Å². The van der Waals surface area contributed by atoms with Crippen molar-refractivity contribution in [2.75, 3.05) is 13.2 Å². The summed E-state index contributed by atoms with van der Waals surface area (Å²) < 4.78 is 17.6. The average Bonchev–Trinajstić information content (AvgIpc) is 3.32. The second-order valence-corrected chi connectivity index (χ2v) is 7.03. The zero-order chi connectivity index (χ0) is 21.0. The van der Waals surface area contributed by atoms with Gasteiger partial charge in [0.1, 0.15) is 12.4 Å². The number of ether oxygens (including phenoxy) is 3. The number of aromatic amines is 1. The molecule has 0 aliphatic carbocycles. The number of fused-ring (bicyclic) bond motifs is 1. The van der Waals surface area contributed by atoms with Crippen LogP contribution in [0.2, 0.25) is 0 Å². The fourth-order valence-corrected chi connectivity index (χ4v) is 3.22. The Morgan fingerprint density at radius 1 is 1.20 bits per heavy atom. The van der Waals surface area contributed by atoms with E-state index < -0.39 is 5.72 Å². The number of nitrogens with one attached hydrogen (secondary N) is 1. The van der Waals surface area contributed by atoms with Crippen LogP contribution in [-0.2, 0) is 5.72 Å². The van der Waals surface area contributed by atoms with E-state index in [2.05, 4.69) is 27.5 Å². The summed E-state index contributed by atoms with van der Waals surface area (Å²) in [5.74, 6) is 1.08. The van der Waals surface area contributed by atoms with Gasteiger partial charge < -0.3 is 14.2 Å². The van der Waals surface area contributed by atoms with Crippen molar-refractivity contribution in [2.45, 2.75) is 31.9 Å². The predicted molar refractivity (Wildman–Crippen MR) is 108 cm³/mol. The summed E-state index contributed by atoms with van der Waals surface area (Å²) in [7, 11) is 0. The van der Waals surface area contributed by atoms with E-state index >= 15 is 0 Å². The van der Waals surface area contributed by atoms with Crippen molar-refractivity contribution in [3.8, 4) is 17.2 Å². The summed E-state index contributed by atoms with van der Waals surface area (Å²) in [4.78, 5) is 13.4. The zero-order valence-electron chi connectivity index (χ0n) is 16.6. The van der Waals surface area contributed by atoms with Gasteiger partial charge in [-0.15, -0.1) is 10.2 Å². The molecule has 9 heteroatoms. The number of carbonyl (C=O) groups excluding carboxylic acids is 1. The fraction of sp³-hybridized carbons (Fsp3) is 0.333. The van der Waals surface area contributed by atoms with Crippen LogP contribution >= 0.6 is 0 Å². The van der Waals surface area contributed by atoms with Gasteiger partial charge in [-0.25, -0.2) is 0 Å². The Balaban J connectivity index is 1.64. The number of benzene rings is 2. The van der Waals surface area contributed by atoms with Gasteiger partial charge in [-0.2, -0.15) is 5.21 Å². The molecule has 0 spiro atoms. The van der Waals surface area contributed by atoms with Crippen LogP contribution in [0.5, 0.6) is 17.2 Å². The third kappa shape index (κ3) is 3.84. The molecule has 0 saturated carbocycles. The van der Waals surface area contributed by atoms with Gasteiger partial charge in [0, 0.05) is 0 Å². The quantitative estimate of drug-likeness (QED) is 0.429. The summed E-state index contributed by atoms with van der Waals surface area (Å²) in [5, 5.41) is 13.7. The summed E-state index contributed by atoms with van der Waals surface area (Å²) in [5.41, 5.74) is 5.60. The van der Waals surface area contributed by atoms with E-state index in [1.54, 1.807) is 36.4 Å². The number of nitrogens with two attached hydrogens (primary N) is 1. The highest BCUT2D eigenvalue weighted by molar-refractivity contribution is 6.12. The first-order chi connectivity index (χ1) is 14.6. The maximum atomic E-state index is 13.4. The number of hydrogen-bond donors (Lipinski definition) is 2. The van der Waals surface area contributed by atoms with Crippen molar-refractivity contribution < 1.29 is 19.0 Å². The van der Waals surface area contributed by atoms with E-state index in [0.29, 0.717) is 29.2 Å². The monoisotopic (exact) mass is 409 g/mol. The first-order valence-corrected chi connectivity index (χ1v) is 9.86. The minimum atomic E-state index is -1.47. The molecule has 30 heavy (non-hydrogen) atoms. The number of H-pyrrole nitrogens is 1. The largest absolute Gasteiger partial charge is 0.493 e. The Morgan fingerprint density at radius 3 is 2.83 bits per heavy atom. The minimum Gasteiger partial charge on any atom is -0.493 e.